The van der Waals surface area contributed by atoms with E-state index in [1.165, 1.54) is 12.1 Å². The van der Waals surface area contributed by atoms with Crippen molar-refractivity contribution in [3.63, 3.8) is 0 Å². The molecule has 1 heterocycles. The normalized spacial score (nSPS) is 11.1. The van der Waals surface area contributed by atoms with Crippen LogP contribution < -0.4 is 0 Å². The quantitative estimate of drug-likeness (QED) is 0.774. The summed E-state index contributed by atoms with van der Waals surface area (Å²) in [6.07, 6.45) is 0. The fraction of sp³-hybridized carbons (Fsp3) is 0.200. The Labute approximate surface area is 85.5 Å². The smallest absolute Gasteiger partial charge is 0.123 e. The minimum atomic E-state index is -0.325. The number of aliphatic hydroxyl groups is 1. The first-order chi connectivity index (χ1) is 6.65. The highest BCUT2D eigenvalue weighted by atomic mass is 35.5. The van der Waals surface area contributed by atoms with Crippen LogP contribution in [0.1, 0.15) is 5.56 Å². The SMILES string of the molecule is Cn1c(Cl)c(CO)c2cc(F)ccc21. The number of aliphatic hydroxyl groups excluding tert-OH is 1. The van der Waals surface area contributed by atoms with Gasteiger partial charge in [0.15, 0.2) is 0 Å². The fourth-order valence-corrected chi connectivity index (χ4v) is 1.86. The molecule has 1 aromatic carbocycles. The van der Waals surface area contributed by atoms with E-state index >= 15 is 0 Å². The lowest BCUT2D eigenvalue weighted by atomic mass is 10.2. The van der Waals surface area contributed by atoms with Gasteiger partial charge in [-0.1, -0.05) is 11.6 Å². The van der Waals surface area contributed by atoms with E-state index in [1.54, 1.807) is 17.7 Å². The molecule has 0 radical (unpaired) electrons. The molecule has 0 unspecified atom stereocenters. The molecule has 0 fully saturated rings. The number of aromatic nitrogens is 1. The van der Waals surface area contributed by atoms with Crippen molar-refractivity contribution in [2.75, 3.05) is 0 Å². The first-order valence-corrected chi connectivity index (χ1v) is 4.56. The average molecular weight is 214 g/mol. The summed E-state index contributed by atoms with van der Waals surface area (Å²) in [5, 5.41) is 10.2. The van der Waals surface area contributed by atoms with E-state index in [0.717, 1.165) is 5.52 Å². The van der Waals surface area contributed by atoms with Gasteiger partial charge >= 0.3 is 0 Å². The van der Waals surface area contributed by atoms with E-state index in [4.69, 9.17) is 16.7 Å². The molecule has 2 rings (SSSR count). The van der Waals surface area contributed by atoms with Crippen LogP contribution in [0.5, 0.6) is 0 Å². The van der Waals surface area contributed by atoms with Gasteiger partial charge < -0.3 is 9.67 Å². The van der Waals surface area contributed by atoms with E-state index in [9.17, 15) is 4.39 Å². The summed E-state index contributed by atoms with van der Waals surface area (Å²) in [6.45, 7) is -0.181. The van der Waals surface area contributed by atoms with Crippen molar-refractivity contribution >= 4 is 22.5 Å². The van der Waals surface area contributed by atoms with Crippen molar-refractivity contribution in [1.82, 2.24) is 4.57 Å². The van der Waals surface area contributed by atoms with Crippen molar-refractivity contribution < 1.29 is 9.50 Å². The van der Waals surface area contributed by atoms with Crippen LogP contribution in [0, 0.1) is 5.82 Å². The maximum Gasteiger partial charge on any atom is 0.123 e. The summed E-state index contributed by atoms with van der Waals surface area (Å²) in [5.74, 6) is -0.325. The molecule has 0 saturated carbocycles. The number of hydrogen-bond donors (Lipinski definition) is 1. The van der Waals surface area contributed by atoms with Crippen LogP contribution in [0.15, 0.2) is 18.2 Å². The van der Waals surface area contributed by atoms with Crippen molar-refractivity contribution in [3.05, 3.63) is 34.7 Å². The fourth-order valence-electron chi connectivity index (χ4n) is 1.61. The second-order valence-corrected chi connectivity index (χ2v) is 3.51. The number of nitrogens with zero attached hydrogens (tertiary/aromatic N) is 1. The molecule has 0 saturated heterocycles. The molecule has 4 heteroatoms. The van der Waals surface area contributed by atoms with Gasteiger partial charge in [0.1, 0.15) is 11.0 Å². The topological polar surface area (TPSA) is 25.2 Å². The highest BCUT2D eigenvalue weighted by molar-refractivity contribution is 6.32. The van der Waals surface area contributed by atoms with Crippen LogP contribution in [-0.2, 0) is 13.7 Å². The standard InChI is InChI=1S/C10H9ClFNO/c1-13-9-3-2-6(12)4-7(9)8(5-14)10(13)11/h2-4,14H,5H2,1H3. The zero-order valence-electron chi connectivity index (χ0n) is 7.59. The first-order valence-electron chi connectivity index (χ1n) is 4.18. The molecular weight excluding hydrogens is 205 g/mol. The molecule has 0 aliphatic carbocycles. The Morgan fingerprint density at radius 2 is 2.21 bits per heavy atom. The highest BCUT2D eigenvalue weighted by Crippen LogP contribution is 2.29. The zero-order valence-corrected chi connectivity index (χ0v) is 8.35. The van der Waals surface area contributed by atoms with Gasteiger partial charge in [-0.15, -0.1) is 0 Å². The Hall–Kier alpha value is -1.06. The minimum absolute atomic E-state index is 0.181. The Bertz CT molecular complexity index is 492. The predicted molar refractivity (Wildman–Crippen MR) is 53.8 cm³/mol. The molecule has 0 aliphatic heterocycles. The van der Waals surface area contributed by atoms with Gasteiger partial charge in [-0.2, -0.15) is 0 Å². The number of rotatable bonds is 1. The number of halogens is 2. The van der Waals surface area contributed by atoms with E-state index < -0.39 is 0 Å². The molecule has 74 valence electrons. The third kappa shape index (κ3) is 1.21. The number of benzene rings is 1. The molecule has 0 aliphatic rings. The summed E-state index contributed by atoms with van der Waals surface area (Å²) >= 11 is 5.97. The maximum atomic E-state index is 13.0. The Morgan fingerprint density at radius 1 is 1.50 bits per heavy atom. The summed E-state index contributed by atoms with van der Waals surface area (Å²) in [4.78, 5) is 0. The molecule has 0 bridgehead atoms. The van der Waals surface area contributed by atoms with Crippen LogP contribution in [0.25, 0.3) is 10.9 Å². The molecule has 0 spiro atoms. The molecule has 2 aromatic rings. The van der Waals surface area contributed by atoms with Crippen LogP contribution in [0.4, 0.5) is 4.39 Å². The Morgan fingerprint density at radius 3 is 2.86 bits per heavy atom. The summed E-state index contributed by atoms with van der Waals surface area (Å²) in [6, 6.07) is 4.41. The minimum Gasteiger partial charge on any atom is -0.392 e. The number of fused-ring (bicyclic) bond motifs is 1. The van der Waals surface area contributed by atoms with Crippen LogP contribution in [-0.4, -0.2) is 9.67 Å². The lowest BCUT2D eigenvalue weighted by Crippen LogP contribution is -1.87. The highest BCUT2D eigenvalue weighted by Gasteiger charge is 2.12. The van der Waals surface area contributed by atoms with Gasteiger partial charge in [0.2, 0.25) is 0 Å². The third-order valence-electron chi connectivity index (χ3n) is 2.35. The maximum absolute atomic E-state index is 13.0. The lowest BCUT2D eigenvalue weighted by molar-refractivity contribution is 0.283. The van der Waals surface area contributed by atoms with E-state index in [0.29, 0.717) is 16.1 Å². The monoisotopic (exact) mass is 213 g/mol. The van der Waals surface area contributed by atoms with Crippen LogP contribution in [0.2, 0.25) is 5.15 Å². The molecule has 0 amide bonds. The lowest BCUT2D eigenvalue weighted by Gasteiger charge is -1.95. The van der Waals surface area contributed by atoms with Gasteiger partial charge in [0.05, 0.1) is 6.61 Å². The summed E-state index contributed by atoms with van der Waals surface area (Å²) in [5.41, 5.74) is 1.39. The van der Waals surface area contributed by atoms with Gasteiger partial charge in [-0.25, -0.2) is 4.39 Å². The second kappa shape index (κ2) is 3.26. The molecule has 14 heavy (non-hydrogen) atoms. The second-order valence-electron chi connectivity index (χ2n) is 3.15. The zero-order chi connectivity index (χ0) is 10.3. The molecule has 1 aromatic heterocycles. The third-order valence-corrected chi connectivity index (χ3v) is 2.83. The van der Waals surface area contributed by atoms with Crippen molar-refractivity contribution in [2.24, 2.45) is 7.05 Å². The van der Waals surface area contributed by atoms with E-state index in [2.05, 4.69) is 0 Å². The summed E-state index contributed by atoms with van der Waals surface area (Å²) in [7, 11) is 1.78. The van der Waals surface area contributed by atoms with Gasteiger partial charge in [0, 0.05) is 23.5 Å². The van der Waals surface area contributed by atoms with Crippen molar-refractivity contribution in [3.8, 4) is 0 Å². The van der Waals surface area contributed by atoms with Gasteiger partial charge in [0.25, 0.3) is 0 Å². The molecule has 0 atom stereocenters. The predicted octanol–water partition coefficient (Wildman–Crippen LogP) is 2.46. The van der Waals surface area contributed by atoms with Crippen molar-refractivity contribution in [2.45, 2.75) is 6.61 Å². The van der Waals surface area contributed by atoms with Crippen molar-refractivity contribution in [1.29, 1.82) is 0 Å². The van der Waals surface area contributed by atoms with Gasteiger partial charge in [-0.3, -0.25) is 0 Å². The molecule has 1 N–H and O–H groups in total. The number of hydrogen-bond acceptors (Lipinski definition) is 1. The molecular formula is C10H9ClFNO. The van der Waals surface area contributed by atoms with E-state index in [1.807, 2.05) is 0 Å². The molecule has 2 nitrogen and oxygen atoms in total. The van der Waals surface area contributed by atoms with Crippen LogP contribution in [0.3, 0.4) is 0 Å². The van der Waals surface area contributed by atoms with E-state index in [-0.39, 0.29) is 12.4 Å². The van der Waals surface area contributed by atoms with Crippen LogP contribution >= 0.6 is 11.6 Å². The Kier molecular flexibility index (Phi) is 2.21. The van der Waals surface area contributed by atoms with Gasteiger partial charge in [-0.05, 0) is 18.2 Å². The first kappa shape index (κ1) is 9.49. The number of aryl methyl sites for hydroxylation is 1. The average Bonchev–Trinajstić information content (AvgIpc) is 2.39. The Balaban J connectivity index is 2.89. The largest absolute Gasteiger partial charge is 0.392 e. The summed E-state index contributed by atoms with van der Waals surface area (Å²) < 4.78 is 14.7.